The minimum Gasteiger partial charge on any atom is -0.452 e. The Labute approximate surface area is 226 Å². The number of fused-ring (bicyclic) bond motifs is 1. The zero-order chi connectivity index (χ0) is 27.1. The third-order valence-corrected chi connectivity index (χ3v) is 6.83. The van der Waals surface area contributed by atoms with Crippen LogP contribution in [0.1, 0.15) is 86.8 Å². The first-order valence-corrected chi connectivity index (χ1v) is 13.8. The number of hydrogen-bond donors (Lipinski definition) is 0. The zero-order valence-corrected chi connectivity index (χ0v) is 23.1. The molecule has 38 heavy (non-hydrogen) atoms. The van der Waals surface area contributed by atoms with Crippen LogP contribution in [0.25, 0.3) is 11.1 Å². The van der Waals surface area contributed by atoms with Crippen molar-refractivity contribution in [1.82, 2.24) is 4.90 Å². The molecule has 3 aromatic carbocycles. The van der Waals surface area contributed by atoms with Gasteiger partial charge in [0.25, 0.3) is 0 Å². The predicted octanol–water partition coefficient (Wildman–Crippen LogP) is 7.70. The van der Waals surface area contributed by atoms with Crippen LogP contribution in [0.2, 0.25) is 0 Å². The van der Waals surface area contributed by atoms with Crippen molar-refractivity contribution in [3.8, 4) is 16.9 Å². The Bertz CT molecular complexity index is 1240. The summed E-state index contributed by atoms with van der Waals surface area (Å²) in [5, 5.41) is 0. The van der Waals surface area contributed by atoms with Crippen molar-refractivity contribution in [2.75, 3.05) is 0 Å². The molecule has 0 radical (unpaired) electrons. The number of carbonyl (C=O) groups excluding carboxylic acids is 2. The van der Waals surface area contributed by atoms with Gasteiger partial charge in [-0.25, -0.2) is 4.79 Å². The fourth-order valence-electron chi connectivity index (χ4n) is 4.80. The Kier molecular flexibility index (Phi) is 8.88. The minimum absolute atomic E-state index is 0.117. The fraction of sp³-hybridized carbons (Fsp3) is 0.394. The summed E-state index contributed by atoms with van der Waals surface area (Å²) in [5.74, 6) is -0.769. The molecule has 0 fully saturated rings. The van der Waals surface area contributed by atoms with Gasteiger partial charge in [0.15, 0.2) is 0 Å². The lowest BCUT2D eigenvalue weighted by atomic mass is 10.0. The van der Waals surface area contributed by atoms with Gasteiger partial charge >= 0.3 is 5.97 Å². The largest absolute Gasteiger partial charge is 0.452 e. The van der Waals surface area contributed by atoms with E-state index in [2.05, 4.69) is 62.4 Å². The second-order valence-corrected chi connectivity index (χ2v) is 10.6. The van der Waals surface area contributed by atoms with Gasteiger partial charge in [-0.2, -0.15) is 0 Å². The van der Waals surface area contributed by atoms with Crippen LogP contribution < -0.4 is 4.74 Å². The van der Waals surface area contributed by atoms with E-state index in [4.69, 9.17) is 9.47 Å². The number of cyclic esters (lactones) is 1. The molecule has 1 heterocycles. The van der Waals surface area contributed by atoms with Crippen LogP contribution in [0.4, 0.5) is 0 Å². The number of unbranched alkanes of at least 4 members (excludes halogenated alkanes) is 2. The molecule has 0 saturated heterocycles. The van der Waals surface area contributed by atoms with Gasteiger partial charge in [0.05, 0.1) is 0 Å². The van der Waals surface area contributed by atoms with E-state index in [9.17, 15) is 9.59 Å². The number of hydrogen-bond acceptors (Lipinski definition) is 4. The average Bonchev–Trinajstić information content (AvgIpc) is 2.89. The fourth-order valence-corrected chi connectivity index (χ4v) is 4.80. The first kappa shape index (κ1) is 27.4. The van der Waals surface area contributed by atoms with Crippen molar-refractivity contribution in [1.29, 1.82) is 0 Å². The Hall–Kier alpha value is -3.60. The van der Waals surface area contributed by atoms with Crippen molar-refractivity contribution in [3.63, 3.8) is 0 Å². The third-order valence-electron chi connectivity index (χ3n) is 6.83. The second-order valence-electron chi connectivity index (χ2n) is 10.6. The number of esters is 1. The van der Waals surface area contributed by atoms with Crippen LogP contribution in [0.15, 0.2) is 66.7 Å². The number of benzene rings is 3. The van der Waals surface area contributed by atoms with E-state index in [1.54, 1.807) is 26.0 Å². The second kappa shape index (κ2) is 12.3. The van der Waals surface area contributed by atoms with Crippen molar-refractivity contribution >= 4 is 11.9 Å². The molecule has 1 aliphatic heterocycles. The topological polar surface area (TPSA) is 55.8 Å². The Morgan fingerprint density at radius 3 is 2.00 bits per heavy atom. The van der Waals surface area contributed by atoms with Gasteiger partial charge in [0, 0.05) is 33.4 Å². The highest BCUT2D eigenvalue weighted by Crippen LogP contribution is 2.32. The molecule has 0 N–H and O–H groups in total. The number of aryl methyl sites for hydroxylation is 1. The van der Waals surface area contributed by atoms with E-state index >= 15 is 0 Å². The number of rotatable bonds is 11. The van der Waals surface area contributed by atoms with Crippen LogP contribution >= 0.6 is 0 Å². The van der Waals surface area contributed by atoms with E-state index in [-0.39, 0.29) is 5.91 Å². The number of ether oxygens (including phenoxy) is 2. The van der Waals surface area contributed by atoms with E-state index in [0.717, 1.165) is 48.8 Å². The normalized spacial score (nSPS) is 13.8. The lowest BCUT2D eigenvalue weighted by molar-refractivity contribution is -0.132. The van der Waals surface area contributed by atoms with E-state index < -0.39 is 11.8 Å². The van der Waals surface area contributed by atoms with Gasteiger partial charge in [-0.15, -0.1) is 0 Å². The van der Waals surface area contributed by atoms with Gasteiger partial charge in [-0.05, 0) is 52.8 Å². The zero-order valence-electron chi connectivity index (χ0n) is 23.1. The highest BCUT2D eigenvalue weighted by Gasteiger charge is 2.34. The van der Waals surface area contributed by atoms with E-state index in [1.807, 2.05) is 11.0 Å². The number of amides is 1. The van der Waals surface area contributed by atoms with Crippen molar-refractivity contribution in [2.45, 2.75) is 85.1 Å². The molecule has 200 valence electrons. The first-order valence-electron chi connectivity index (χ1n) is 13.8. The molecule has 4 rings (SSSR count). The lowest BCUT2D eigenvalue weighted by Crippen LogP contribution is -2.39. The quantitative estimate of drug-likeness (QED) is 0.195. The highest BCUT2D eigenvalue weighted by molar-refractivity contribution is 5.93. The van der Waals surface area contributed by atoms with Crippen LogP contribution in [-0.2, 0) is 29.0 Å². The minimum atomic E-state index is -0.989. The van der Waals surface area contributed by atoms with Crippen LogP contribution in [0.3, 0.4) is 0 Å². The summed E-state index contributed by atoms with van der Waals surface area (Å²) in [6, 6.07) is 22.7. The summed E-state index contributed by atoms with van der Waals surface area (Å²) in [5.41, 5.74) is 6.05. The number of nitrogens with zero attached hydrogens (tertiary/aromatic N) is 1. The molecule has 0 aromatic heterocycles. The first-order chi connectivity index (χ1) is 18.3. The molecule has 0 aliphatic carbocycles. The summed E-state index contributed by atoms with van der Waals surface area (Å²) in [7, 11) is 0. The Balaban J connectivity index is 1.50. The summed E-state index contributed by atoms with van der Waals surface area (Å²) >= 11 is 0. The van der Waals surface area contributed by atoms with Crippen molar-refractivity contribution < 1.29 is 19.1 Å². The van der Waals surface area contributed by atoms with Crippen LogP contribution in [0, 0.1) is 0 Å². The Morgan fingerprint density at radius 1 is 0.763 bits per heavy atom. The molecule has 0 saturated carbocycles. The third kappa shape index (κ3) is 7.03. The van der Waals surface area contributed by atoms with Crippen LogP contribution in [0.5, 0.6) is 5.75 Å². The molecule has 0 atom stereocenters. The van der Waals surface area contributed by atoms with Crippen molar-refractivity contribution in [3.05, 3.63) is 89.0 Å². The maximum atomic E-state index is 13.2. The molecule has 5 heteroatoms. The van der Waals surface area contributed by atoms with Gasteiger partial charge in [0.1, 0.15) is 11.3 Å². The molecular formula is C33H39NO4. The van der Waals surface area contributed by atoms with Gasteiger partial charge in [-0.1, -0.05) is 87.7 Å². The highest BCUT2D eigenvalue weighted by atomic mass is 16.7. The molecular weight excluding hydrogens is 474 g/mol. The lowest BCUT2D eigenvalue weighted by Gasteiger charge is -2.32. The van der Waals surface area contributed by atoms with Crippen molar-refractivity contribution in [2.24, 2.45) is 0 Å². The Morgan fingerprint density at radius 2 is 1.37 bits per heavy atom. The average molecular weight is 514 g/mol. The standard InChI is InChI=1S/C33H39NO4/c1-5-7-8-10-31(35)34(23-26-15-20-30-29(21-26)32(36)38-33(3,4)37-30)22-25-13-18-28(19-14-25)27-16-11-24(9-6-2)12-17-27/h11-21H,5-10,22-23H2,1-4H3. The van der Waals surface area contributed by atoms with Gasteiger partial charge in [0.2, 0.25) is 11.7 Å². The van der Waals surface area contributed by atoms with E-state index in [0.29, 0.717) is 30.8 Å². The molecule has 1 aliphatic rings. The molecule has 0 spiro atoms. The summed E-state index contributed by atoms with van der Waals surface area (Å²) in [4.78, 5) is 27.7. The summed E-state index contributed by atoms with van der Waals surface area (Å²) < 4.78 is 11.2. The predicted molar refractivity (Wildman–Crippen MR) is 151 cm³/mol. The molecule has 5 nitrogen and oxygen atoms in total. The smallest absolute Gasteiger partial charge is 0.345 e. The summed E-state index contributed by atoms with van der Waals surface area (Å²) in [6.07, 6.45) is 5.72. The summed E-state index contributed by atoms with van der Waals surface area (Å²) in [6.45, 7) is 8.67. The molecule has 0 bridgehead atoms. The maximum absolute atomic E-state index is 13.2. The molecule has 3 aromatic rings. The monoisotopic (exact) mass is 513 g/mol. The SMILES string of the molecule is CCCCCC(=O)N(Cc1ccc(-c2ccc(CCC)cc2)cc1)Cc1ccc2c(c1)C(=O)OC(C)(C)O2. The van der Waals surface area contributed by atoms with E-state index in [1.165, 1.54) is 11.1 Å². The molecule has 1 amide bonds. The van der Waals surface area contributed by atoms with Crippen LogP contribution in [-0.4, -0.2) is 22.6 Å². The maximum Gasteiger partial charge on any atom is 0.345 e. The number of carbonyl (C=O) groups is 2. The van der Waals surface area contributed by atoms with Gasteiger partial charge in [-0.3, -0.25) is 4.79 Å². The van der Waals surface area contributed by atoms with Gasteiger partial charge < -0.3 is 14.4 Å². The molecule has 0 unspecified atom stereocenters.